The Kier molecular flexibility index (Phi) is 2.83. The van der Waals surface area contributed by atoms with Crippen molar-refractivity contribution in [3.8, 4) is 0 Å². The molecule has 0 saturated carbocycles. The van der Waals surface area contributed by atoms with Crippen LogP contribution >= 0.6 is 15.9 Å². The van der Waals surface area contributed by atoms with E-state index in [-0.39, 0.29) is 6.29 Å². The van der Waals surface area contributed by atoms with Gasteiger partial charge in [0.05, 0.1) is 13.1 Å². The molecular weight excluding hydrogens is 262 g/mol. The first-order valence-corrected chi connectivity index (χ1v) is 5.17. The van der Waals surface area contributed by atoms with Crippen molar-refractivity contribution in [3.63, 3.8) is 0 Å². The third-order valence-electron chi connectivity index (χ3n) is 2.18. The van der Waals surface area contributed by atoms with Gasteiger partial charge in [-0.1, -0.05) is 22.0 Å². The van der Waals surface area contributed by atoms with Gasteiger partial charge in [0.25, 0.3) is 0 Å². The largest absolute Gasteiger partial charge is 0.390 e. The van der Waals surface area contributed by atoms with E-state index in [2.05, 4.69) is 15.9 Å². The molecule has 1 heterocycles. The second kappa shape index (κ2) is 4.12. The number of carbonyl (C=O) groups excluding carboxylic acids is 2. The predicted molar refractivity (Wildman–Crippen MR) is 55.5 cm³/mol. The summed E-state index contributed by atoms with van der Waals surface area (Å²) < 4.78 is 0.991. The zero-order chi connectivity index (χ0) is 10.8. The minimum absolute atomic E-state index is 0.166. The molecule has 1 aromatic carbocycles. The summed E-state index contributed by atoms with van der Waals surface area (Å²) in [5.41, 5.74) is 2.21. The predicted octanol–water partition coefficient (Wildman–Crippen LogP) is 1.42. The molecule has 0 saturated heterocycles. The van der Waals surface area contributed by atoms with Crippen molar-refractivity contribution >= 4 is 28.2 Å². The SMILES string of the molecule is O=CC(=O)ON1Cc2ccc(Br)cc2C1. The van der Waals surface area contributed by atoms with E-state index >= 15 is 0 Å². The average molecular weight is 270 g/mol. The minimum Gasteiger partial charge on any atom is -0.361 e. The highest BCUT2D eigenvalue weighted by atomic mass is 79.9. The number of rotatable bonds is 2. The molecule has 78 valence electrons. The molecule has 1 aliphatic rings. The summed E-state index contributed by atoms with van der Waals surface area (Å²) in [6.07, 6.45) is 0.166. The van der Waals surface area contributed by atoms with Crippen molar-refractivity contribution in [2.45, 2.75) is 13.1 Å². The van der Waals surface area contributed by atoms with Gasteiger partial charge in [0.1, 0.15) is 0 Å². The number of nitrogens with zero attached hydrogens (tertiary/aromatic N) is 1. The Morgan fingerprint density at radius 1 is 1.40 bits per heavy atom. The minimum atomic E-state index is -0.859. The summed E-state index contributed by atoms with van der Waals surface area (Å²) >= 11 is 3.37. The Bertz CT molecular complexity index is 419. The number of hydrogen-bond acceptors (Lipinski definition) is 4. The molecule has 1 aromatic rings. The van der Waals surface area contributed by atoms with Crippen LogP contribution in [-0.4, -0.2) is 17.3 Å². The highest BCUT2D eigenvalue weighted by Gasteiger charge is 2.21. The van der Waals surface area contributed by atoms with Crippen molar-refractivity contribution in [1.29, 1.82) is 0 Å². The maximum atomic E-state index is 10.7. The molecule has 2 rings (SSSR count). The van der Waals surface area contributed by atoms with Crippen LogP contribution < -0.4 is 0 Å². The molecule has 15 heavy (non-hydrogen) atoms. The maximum absolute atomic E-state index is 10.7. The number of carbonyl (C=O) groups is 2. The summed E-state index contributed by atoms with van der Waals surface area (Å²) in [6.45, 7) is 1.05. The molecule has 0 radical (unpaired) electrons. The van der Waals surface area contributed by atoms with Crippen LogP contribution in [0.1, 0.15) is 11.1 Å². The molecule has 1 aliphatic heterocycles. The lowest BCUT2D eigenvalue weighted by atomic mass is 10.1. The zero-order valence-electron chi connectivity index (χ0n) is 7.77. The summed E-state index contributed by atoms with van der Waals surface area (Å²) in [6, 6.07) is 5.88. The number of aldehydes is 1. The summed E-state index contributed by atoms with van der Waals surface area (Å²) in [4.78, 5) is 25.6. The van der Waals surface area contributed by atoms with Gasteiger partial charge in [0.15, 0.2) is 0 Å². The van der Waals surface area contributed by atoms with Crippen LogP contribution in [0.4, 0.5) is 0 Å². The molecule has 0 atom stereocenters. The third-order valence-corrected chi connectivity index (χ3v) is 2.67. The van der Waals surface area contributed by atoms with Crippen LogP contribution in [0.25, 0.3) is 0 Å². The highest BCUT2D eigenvalue weighted by Crippen LogP contribution is 2.25. The first-order valence-electron chi connectivity index (χ1n) is 4.38. The van der Waals surface area contributed by atoms with Crippen molar-refractivity contribution in [1.82, 2.24) is 5.06 Å². The topological polar surface area (TPSA) is 46.6 Å². The van der Waals surface area contributed by atoms with Crippen molar-refractivity contribution in [3.05, 3.63) is 33.8 Å². The Labute approximate surface area is 94.9 Å². The van der Waals surface area contributed by atoms with E-state index in [1.165, 1.54) is 5.06 Å². The van der Waals surface area contributed by atoms with Gasteiger partial charge in [-0.3, -0.25) is 4.79 Å². The molecule has 0 spiro atoms. The van der Waals surface area contributed by atoms with E-state index in [0.717, 1.165) is 15.6 Å². The molecule has 0 aromatic heterocycles. The van der Waals surface area contributed by atoms with Crippen molar-refractivity contribution < 1.29 is 14.4 Å². The normalized spacial score (nSPS) is 14.7. The fraction of sp³-hybridized carbons (Fsp3) is 0.200. The Morgan fingerprint density at radius 2 is 2.13 bits per heavy atom. The lowest BCUT2D eigenvalue weighted by Gasteiger charge is -2.11. The molecule has 0 bridgehead atoms. The standard InChI is InChI=1S/C10H8BrNO3/c11-9-2-1-7-4-12(5-8(7)3-9)15-10(14)6-13/h1-3,6H,4-5H2. The van der Waals surface area contributed by atoms with E-state index in [9.17, 15) is 9.59 Å². The van der Waals surface area contributed by atoms with Crippen LogP contribution in [0, 0.1) is 0 Å². The molecule has 0 amide bonds. The third kappa shape index (κ3) is 2.24. The van der Waals surface area contributed by atoms with E-state index in [1.807, 2.05) is 18.2 Å². The molecule has 0 N–H and O–H groups in total. The van der Waals surface area contributed by atoms with Crippen LogP contribution in [-0.2, 0) is 27.5 Å². The van der Waals surface area contributed by atoms with Gasteiger partial charge in [-0.05, 0) is 23.3 Å². The summed E-state index contributed by atoms with van der Waals surface area (Å²) in [5.74, 6) is -0.859. The molecule has 0 unspecified atom stereocenters. The van der Waals surface area contributed by atoms with Gasteiger partial charge in [0, 0.05) is 4.47 Å². The Balaban J connectivity index is 2.09. The van der Waals surface area contributed by atoms with E-state index in [4.69, 9.17) is 4.84 Å². The van der Waals surface area contributed by atoms with Crippen molar-refractivity contribution in [2.75, 3.05) is 0 Å². The first-order chi connectivity index (χ1) is 7.19. The van der Waals surface area contributed by atoms with Gasteiger partial charge in [0.2, 0.25) is 6.29 Å². The zero-order valence-corrected chi connectivity index (χ0v) is 9.36. The fourth-order valence-corrected chi connectivity index (χ4v) is 1.95. The van der Waals surface area contributed by atoms with E-state index in [1.54, 1.807) is 0 Å². The van der Waals surface area contributed by atoms with Gasteiger partial charge >= 0.3 is 5.97 Å². The van der Waals surface area contributed by atoms with Crippen LogP contribution in [0.3, 0.4) is 0 Å². The van der Waals surface area contributed by atoms with Crippen LogP contribution in [0.5, 0.6) is 0 Å². The number of fused-ring (bicyclic) bond motifs is 1. The van der Waals surface area contributed by atoms with Crippen molar-refractivity contribution in [2.24, 2.45) is 0 Å². The van der Waals surface area contributed by atoms with E-state index < -0.39 is 5.97 Å². The van der Waals surface area contributed by atoms with Gasteiger partial charge in [-0.15, -0.1) is 5.06 Å². The second-order valence-corrected chi connectivity index (χ2v) is 4.15. The number of benzene rings is 1. The molecule has 0 aliphatic carbocycles. The van der Waals surface area contributed by atoms with Gasteiger partial charge in [-0.2, -0.15) is 0 Å². The summed E-state index contributed by atoms with van der Waals surface area (Å²) in [5, 5.41) is 1.47. The smallest absolute Gasteiger partial charge is 0.361 e. The molecule has 0 fully saturated rings. The van der Waals surface area contributed by atoms with E-state index in [0.29, 0.717) is 13.1 Å². The molecular formula is C10H8BrNO3. The second-order valence-electron chi connectivity index (χ2n) is 3.24. The first kappa shape index (κ1) is 10.3. The Morgan fingerprint density at radius 3 is 2.87 bits per heavy atom. The highest BCUT2D eigenvalue weighted by molar-refractivity contribution is 9.10. The molecule has 4 nitrogen and oxygen atoms in total. The lowest BCUT2D eigenvalue weighted by molar-refractivity contribution is -0.191. The quantitative estimate of drug-likeness (QED) is 0.602. The number of hydroxylamine groups is 2. The monoisotopic (exact) mass is 269 g/mol. The van der Waals surface area contributed by atoms with Crippen LogP contribution in [0.15, 0.2) is 22.7 Å². The number of halogens is 1. The molecule has 5 heteroatoms. The Hall–Kier alpha value is -1.20. The summed E-state index contributed by atoms with van der Waals surface area (Å²) in [7, 11) is 0. The number of hydrogen-bond donors (Lipinski definition) is 0. The average Bonchev–Trinajstić information content (AvgIpc) is 2.59. The maximum Gasteiger partial charge on any atom is 0.390 e. The van der Waals surface area contributed by atoms with Gasteiger partial charge < -0.3 is 4.84 Å². The van der Waals surface area contributed by atoms with Gasteiger partial charge in [-0.25, -0.2) is 4.79 Å². The fourth-order valence-electron chi connectivity index (χ4n) is 1.55. The lowest BCUT2D eigenvalue weighted by Crippen LogP contribution is -2.22. The van der Waals surface area contributed by atoms with Crippen LogP contribution in [0.2, 0.25) is 0 Å².